The number of aromatic nitrogens is 1. The number of ketones is 1. The number of nitrogens with one attached hydrogen (secondary N) is 1. The lowest BCUT2D eigenvalue weighted by Crippen LogP contribution is -2.14. The molecule has 0 saturated heterocycles. The lowest BCUT2D eigenvalue weighted by molar-refractivity contribution is 0.103. The maximum atomic E-state index is 13.2. The van der Waals surface area contributed by atoms with Crippen molar-refractivity contribution in [2.45, 2.75) is 0 Å². The van der Waals surface area contributed by atoms with E-state index >= 15 is 0 Å². The Hall–Kier alpha value is -3.87. The lowest BCUT2D eigenvalue weighted by atomic mass is 9.98. The molecule has 7 nitrogen and oxygen atoms in total. The van der Waals surface area contributed by atoms with Crippen molar-refractivity contribution in [2.75, 3.05) is 20.8 Å². The van der Waals surface area contributed by atoms with Gasteiger partial charge >= 0.3 is 0 Å². The molecule has 7 heteroatoms. The number of rotatable bonds is 8. The van der Waals surface area contributed by atoms with E-state index in [1.54, 1.807) is 42.5 Å². The normalized spacial score (nSPS) is 10.4. The van der Waals surface area contributed by atoms with Crippen LogP contribution in [0.5, 0.6) is 17.2 Å². The number of nitrogens with zero attached hydrogens (tertiary/aromatic N) is 1. The van der Waals surface area contributed by atoms with Gasteiger partial charge in [-0.05, 0) is 24.3 Å². The molecule has 29 heavy (non-hydrogen) atoms. The summed E-state index contributed by atoms with van der Waals surface area (Å²) in [5.74, 6) is 1.01. The first-order valence-electron chi connectivity index (χ1n) is 8.77. The highest BCUT2D eigenvalue weighted by Gasteiger charge is 2.20. The highest BCUT2D eigenvalue weighted by molar-refractivity contribution is 6.18. The predicted molar refractivity (Wildman–Crippen MR) is 111 cm³/mol. The Balaban J connectivity index is 2.19. The molecular formula is C22H21N3O4. The molecule has 0 aliphatic rings. The number of carbonyl (C=O) groups is 1. The minimum absolute atomic E-state index is 0.159. The number of methoxy groups -OCH3 is 2. The Morgan fingerprint density at radius 2 is 1.86 bits per heavy atom. The molecule has 1 aromatic heterocycles. The van der Waals surface area contributed by atoms with Crippen LogP contribution in [-0.2, 0) is 0 Å². The zero-order chi connectivity index (χ0) is 21.0. The fraction of sp³-hybridized carbons (Fsp3) is 0.136. The van der Waals surface area contributed by atoms with Gasteiger partial charge in [0.2, 0.25) is 5.78 Å². The van der Waals surface area contributed by atoms with Gasteiger partial charge < -0.3 is 19.9 Å². The second kappa shape index (κ2) is 8.43. The lowest BCUT2D eigenvalue weighted by Gasteiger charge is -2.14. The van der Waals surface area contributed by atoms with Crippen molar-refractivity contribution in [1.82, 2.24) is 4.98 Å². The number of nitrogen functional groups attached to an aromatic ring is 1. The molecule has 0 saturated carbocycles. The Kier molecular flexibility index (Phi) is 5.78. The first kappa shape index (κ1) is 19.9. The van der Waals surface area contributed by atoms with E-state index in [9.17, 15) is 4.79 Å². The number of pyridine rings is 1. The van der Waals surface area contributed by atoms with E-state index in [-0.39, 0.29) is 17.3 Å². The van der Waals surface area contributed by atoms with Crippen LogP contribution in [0.1, 0.15) is 21.6 Å². The zero-order valence-corrected chi connectivity index (χ0v) is 16.2. The summed E-state index contributed by atoms with van der Waals surface area (Å²) in [7, 11) is 3.02. The first-order valence-corrected chi connectivity index (χ1v) is 8.77. The third kappa shape index (κ3) is 3.89. The van der Waals surface area contributed by atoms with E-state index in [0.29, 0.717) is 45.8 Å². The number of hydrogen-bond acceptors (Lipinski definition) is 6. The molecule has 0 atom stereocenters. The SMILES string of the molecule is C=CCOc1cccc(C(=O)c2ncc(C(=N)N)c3cc(OC)c(OC)cc23)c1. The maximum Gasteiger partial charge on any atom is 0.212 e. The largest absolute Gasteiger partial charge is 0.493 e. The zero-order valence-electron chi connectivity index (χ0n) is 16.2. The van der Waals surface area contributed by atoms with Gasteiger partial charge in [-0.2, -0.15) is 0 Å². The van der Waals surface area contributed by atoms with Crippen LogP contribution in [0.2, 0.25) is 0 Å². The van der Waals surface area contributed by atoms with E-state index in [2.05, 4.69) is 11.6 Å². The maximum absolute atomic E-state index is 13.2. The van der Waals surface area contributed by atoms with Crippen molar-refractivity contribution in [2.24, 2.45) is 5.73 Å². The molecule has 0 fully saturated rings. The van der Waals surface area contributed by atoms with E-state index in [4.69, 9.17) is 25.4 Å². The van der Waals surface area contributed by atoms with Crippen LogP contribution in [0.4, 0.5) is 0 Å². The van der Waals surface area contributed by atoms with Crippen molar-refractivity contribution < 1.29 is 19.0 Å². The van der Waals surface area contributed by atoms with Gasteiger partial charge in [-0.1, -0.05) is 24.8 Å². The van der Waals surface area contributed by atoms with E-state index in [1.165, 1.54) is 20.4 Å². The average molecular weight is 391 g/mol. The van der Waals surface area contributed by atoms with Gasteiger partial charge in [0.15, 0.2) is 11.5 Å². The van der Waals surface area contributed by atoms with Gasteiger partial charge in [0.05, 0.1) is 14.2 Å². The number of hydrogen-bond donors (Lipinski definition) is 2. The molecule has 3 aromatic rings. The molecule has 148 valence electrons. The Morgan fingerprint density at radius 1 is 1.17 bits per heavy atom. The second-order valence-electron chi connectivity index (χ2n) is 6.14. The van der Waals surface area contributed by atoms with Gasteiger partial charge in [-0.3, -0.25) is 15.2 Å². The number of fused-ring (bicyclic) bond motifs is 1. The van der Waals surface area contributed by atoms with Gasteiger partial charge in [0.25, 0.3) is 0 Å². The predicted octanol–water partition coefficient (Wildman–Crippen LogP) is 3.33. The smallest absolute Gasteiger partial charge is 0.212 e. The molecule has 0 amide bonds. The Bertz CT molecular complexity index is 1110. The molecule has 3 N–H and O–H groups in total. The van der Waals surface area contributed by atoms with Crippen LogP contribution < -0.4 is 19.9 Å². The highest BCUT2D eigenvalue weighted by Crippen LogP contribution is 2.35. The van der Waals surface area contributed by atoms with Crippen LogP contribution in [0.25, 0.3) is 10.8 Å². The summed E-state index contributed by atoms with van der Waals surface area (Å²) in [4.78, 5) is 17.5. The molecule has 3 rings (SSSR count). The van der Waals surface area contributed by atoms with Gasteiger partial charge in [0, 0.05) is 28.1 Å². The summed E-state index contributed by atoms with van der Waals surface area (Å²) in [6, 6.07) is 10.2. The molecule has 0 unspecified atom stereocenters. The van der Waals surface area contributed by atoms with Crippen molar-refractivity contribution in [1.29, 1.82) is 5.41 Å². The van der Waals surface area contributed by atoms with Crippen molar-refractivity contribution in [3.8, 4) is 17.2 Å². The average Bonchev–Trinajstić information content (AvgIpc) is 2.75. The molecule has 2 aromatic carbocycles. The van der Waals surface area contributed by atoms with Crippen LogP contribution >= 0.6 is 0 Å². The van der Waals surface area contributed by atoms with Crippen LogP contribution in [0.15, 0.2) is 55.3 Å². The summed E-state index contributed by atoms with van der Waals surface area (Å²) < 4.78 is 16.2. The summed E-state index contributed by atoms with van der Waals surface area (Å²) >= 11 is 0. The van der Waals surface area contributed by atoms with Gasteiger partial charge in [-0.25, -0.2) is 0 Å². The topological polar surface area (TPSA) is 108 Å². The van der Waals surface area contributed by atoms with Crippen molar-refractivity contribution >= 4 is 22.4 Å². The third-order valence-corrected chi connectivity index (χ3v) is 4.36. The molecule has 0 aliphatic heterocycles. The summed E-state index contributed by atoms with van der Waals surface area (Å²) in [6.45, 7) is 3.95. The summed E-state index contributed by atoms with van der Waals surface area (Å²) in [5.41, 5.74) is 6.75. The number of carbonyl (C=O) groups excluding carboxylic acids is 1. The van der Waals surface area contributed by atoms with Crippen LogP contribution in [0, 0.1) is 5.41 Å². The first-order chi connectivity index (χ1) is 14.0. The summed E-state index contributed by atoms with van der Waals surface area (Å²) in [5, 5.41) is 8.92. The number of amidine groups is 1. The molecule has 1 heterocycles. The number of ether oxygens (including phenoxy) is 3. The Labute approximate surface area is 168 Å². The number of benzene rings is 2. The monoisotopic (exact) mass is 391 g/mol. The fourth-order valence-corrected chi connectivity index (χ4v) is 2.98. The minimum Gasteiger partial charge on any atom is -0.493 e. The van der Waals surface area contributed by atoms with Gasteiger partial charge in [-0.15, -0.1) is 0 Å². The molecule has 0 bridgehead atoms. The highest BCUT2D eigenvalue weighted by atomic mass is 16.5. The van der Waals surface area contributed by atoms with Crippen molar-refractivity contribution in [3.63, 3.8) is 0 Å². The van der Waals surface area contributed by atoms with Crippen LogP contribution in [0.3, 0.4) is 0 Å². The van der Waals surface area contributed by atoms with Crippen molar-refractivity contribution in [3.05, 3.63) is 72.1 Å². The molecular weight excluding hydrogens is 370 g/mol. The fourth-order valence-electron chi connectivity index (χ4n) is 2.98. The van der Waals surface area contributed by atoms with E-state index in [1.807, 2.05) is 0 Å². The van der Waals surface area contributed by atoms with Crippen LogP contribution in [-0.4, -0.2) is 37.4 Å². The minimum atomic E-state index is -0.290. The van der Waals surface area contributed by atoms with E-state index < -0.39 is 0 Å². The quantitative estimate of drug-likeness (QED) is 0.264. The molecule has 0 spiro atoms. The molecule has 0 radical (unpaired) electrons. The second-order valence-corrected chi connectivity index (χ2v) is 6.14. The third-order valence-electron chi connectivity index (χ3n) is 4.36. The standard InChI is InChI=1S/C22H21N3O4/c1-4-8-29-14-7-5-6-13(9-14)21(26)20-16-11-19(28-3)18(27-2)10-15(16)17(12-25-20)22(23)24/h4-7,9-12H,1,8H2,2-3H3,(H3,23,24). The van der Waals surface area contributed by atoms with E-state index in [0.717, 1.165) is 0 Å². The number of nitrogens with two attached hydrogens (primary N) is 1. The van der Waals surface area contributed by atoms with Gasteiger partial charge in [0.1, 0.15) is 23.9 Å². The summed E-state index contributed by atoms with van der Waals surface area (Å²) in [6.07, 6.45) is 3.05. The molecule has 0 aliphatic carbocycles. The Morgan fingerprint density at radius 3 is 2.48 bits per heavy atom.